The van der Waals surface area contributed by atoms with E-state index >= 15 is 0 Å². The summed E-state index contributed by atoms with van der Waals surface area (Å²) in [6, 6.07) is 0. The van der Waals surface area contributed by atoms with Crippen molar-refractivity contribution >= 4 is 32.0 Å². The van der Waals surface area contributed by atoms with Gasteiger partial charge in [-0.2, -0.15) is 6.08 Å². The van der Waals surface area contributed by atoms with Crippen LogP contribution in [0.2, 0.25) is 19.6 Å². The van der Waals surface area contributed by atoms with Crippen LogP contribution in [0.15, 0.2) is 18.2 Å². The van der Waals surface area contributed by atoms with E-state index in [1.165, 1.54) is 12.8 Å². The van der Waals surface area contributed by atoms with E-state index in [1.54, 1.807) is 0 Å². The van der Waals surface area contributed by atoms with Crippen LogP contribution >= 0.6 is 23.2 Å². The molecule has 0 bridgehead atoms. The molecule has 0 fully saturated rings. The number of halogens is 2. The van der Waals surface area contributed by atoms with E-state index in [0.29, 0.717) is 0 Å². The van der Waals surface area contributed by atoms with Crippen LogP contribution in [0.1, 0.15) is 6.42 Å². The third kappa shape index (κ3) is 52.0. The average Bonchev–Trinajstić information content (AvgIpc) is 2.67. The minimum absolute atomic E-state index is 0. The molecule has 1 radical (unpaired) electrons. The third-order valence-electron chi connectivity index (χ3n) is 0.586. The van der Waals surface area contributed by atoms with Crippen LogP contribution in [0, 0.1) is 6.08 Å². The second kappa shape index (κ2) is 29.2. The summed E-state index contributed by atoms with van der Waals surface area (Å²) in [5, 5.41) is 0. The molecule has 4 heteroatoms. The first-order valence-corrected chi connectivity index (χ1v) is 8.48. The second-order valence-electron chi connectivity index (χ2n) is 2.50. The van der Waals surface area contributed by atoms with E-state index in [-0.39, 0.29) is 30.5 Å². The Morgan fingerprint density at radius 3 is 1.50 bits per heavy atom. The van der Waals surface area contributed by atoms with Crippen LogP contribution in [0.25, 0.3) is 0 Å². The number of alkyl halides is 2. The Hall–Kier alpha value is 0.991. The predicted molar refractivity (Wildman–Crippen MR) is 68.5 cm³/mol. The molecule has 1 aliphatic carbocycles. The molecule has 83 valence electrons. The second-order valence-corrected chi connectivity index (χ2v) is 5.50. The Kier molecular flexibility index (Phi) is 50.7. The standard InChI is InChI=1S/C5H5.C3H9Si.2CH3Cl.Ti/c1-2-4-5-3-1;1-4(2)3;2*1-2;/h1-3H,4H2;1-3H3;2*1H3;/q-1;;;;. The SMILES string of the molecule is CCl.CCl.C[Si](C)C.[C-]1=CC=CC1.[Ti]. The van der Waals surface area contributed by atoms with Gasteiger partial charge in [0.25, 0.3) is 0 Å². The van der Waals surface area contributed by atoms with E-state index in [9.17, 15) is 0 Å². The van der Waals surface area contributed by atoms with Gasteiger partial charge in [0.1, 0.15) is 0 Å². The zero-order chi connectivity index (χ0) is 11.1. The summed E-state index contributed by atoms with van der Waals surface area (Å²) in [7, 11) is 0.120. The zero-order valence-electron chi connectivity index (χ0n) is 9.70. The first-order chi connectivity index (χ1) is 6.23. The zero-order valence-corrected chi connectivity index (χ0v) is 13.8. The molecule has 0 saturated heterocycles. The van der Waals surface area contributed by atoms with Crippen LogP contribution in [-0.4, -0.2) is 21.6 Å². The number of rotatable bonds is 0. The van der Waals surface area contributed by atoms with Gasteiger partial charge >= 0.3 is 0 Å². The van der Waals surface area contributed by atoms with E-state index < -0.39 is 0 Å². The largest absolute Gasteiger partial charge is 0.273 e. The van der Waals surface area contributed by atoms with Crippen molar-refractivity contribution in [3.8, 4) is 0 Å². The summed E-state index contributed by atoms with van der Waals surface area (Å²) < 4.78 is 0. The normalized spacial score (nSPS) is 9.71. The van der Waals surface area contributed by atoms with Crippen molar-refractivity contribution in [3.05, 3.63) is 24.3 Å². The quantitative estimate of drug-likeness (QED) is 0.352. The first-order valence-electron chi connectivity index (χ1n) is 3.97. The molecular weight excluding hydrogens is 267 g/mol. The van der Waals surface area contributed by atoms with E-state index in [2.05, 4.69) is 55.0 Å². The molecule has 0 heterocycles. The van der Waals surface area contributed by atoms with Crippen molar-refractivity contribution in [2.75, 3.05) is 12.8 Å². The summed E-state index contributed by atoms with van der Waals surface area (Å²) in [5.41, 5.74) is 0. The predicted octanol–water partition coefficient (Wildman–Crippen LogP) is 4.38. The molecule has 0 amide bonds. The maximum atomic E-state index is 4.64. The van der Waals surface area contributed by atoms with Crippen LogP contribution in [-0.2, 0) is 21.7 Å². The Morgan fingerprint density at radius 1 is 1.07 bits per heavy atom. The Balaban J connectivity index is -0.0000000511. The summed E-state index contributed by atoms with van der Waals surface area (Å²) in [6.07, 6.45) is 12.9. The molecule has 0 atom stereocenters. The fraction of sp³-hybridized carbons (Fsp3) is 0.600. The van der Waals surface area contributed by atoms with E-state index in [0.717, 1.165) is 6.42 Å². The molecule has 1 rings (SSSR count). The molecule has 14 heavy (non-hydrogen) atoms. The van der Waals surface area contributed by atoms with Crippen molar-refractivity contribution in [1.29, 1.82) is 0 Å². The van der Waals surface area contributed by atoms with Crippen molar-refractivity contribution in [2.24, 2.45) is 0 Å². The average molecular weight is 287 g/mol. The number of hydrogen-bond donors (Lipinski definition) is 0. The van der Waals surface area contributed by atoms with Gasteiger partial charge in [0.05, 0.1) is 0 Å². The molecule has 0 nitrogen and oxygen atoms in total. The molecule has 0 aromatic heterocycles. The maximum absolute atomic E-state index is 4.64. The van der Waals surface area contributed by atoms with Gasteiger partial charge in [0, 0.05) is 43.3 Å². The Morgan fingerprint density at radius 2 is 1.43 bits per heavy atom. The minimum Gasteiger partial charge on any atom is -0.273 e. The molecule has 0 aromatic rings. The molecule has 0 saturated carbocycles. The van der Waals surface area contributed by atoms with Gasteiger partial charge in [-0.3, -0.25) is 6.08 Å². The summed E-state index contributed by atoms with van der Waals surface area (Å²) >= 11 is 9.28. The van der Waals surface area contributed by atoms with Gasteiger partial charge in [-0.1, -0.05) is 19.6 Å². The fourth-order valence-corrected chi connectivity index (χ4v) is 0.340. The number of allylic oxidation sites excluding steroid dienone is 4. The maximum Gasteiger partial charge on any atom is 0.0379 e. The molecule has 0 unspecified atom stereocenters. The van der Waals surface area contributed by atoms with E-state index in [4.69, 9.17) is 0 Å². The summed E-state index contributed by atoms with van der Waals surface area (Å²) in [5.74, 6) is 0. The molecular formula is C10H20Cl2SiTi-. The van der Waals surface area contributed by atoms with Gasteiger partial charge in [0.2, 0.25) is 0 Å². The molecule has 0 spiro atoms. The van der Waals surface area contributed by atoms with Gasteiger partial charge in [-0.05, 0) is 0 Å². The van der Waals surface area contributed by atoms with Gasteiger partial charge in [0.15, 0.2) is 0 Å². The minimum atomic E-state index is 0. The van der Waals surface area contributed by atoms with Crippen LogP contribution in [0.3, 0.4) is 0 Å². The van der Waals surface area contributed by atoms with Crippen molar-refractivity contribution in [2.45, 2.75) is 26.1 Å². The molecule has 0 aromatic carbocycles. The van der Waals surface area contributed by atoms with Gasteiger partial charge in [-0.25, -0.2) is 12.2 Å². The summed E-state index contributed by atoms with van der Waals surface area (Å²) in [6.45, 7) is 6.81. The van der Waals surface area contributed by atoms with Crippen LogP contribution < -0.4 is 0 Å². The van der Waals surface area contributed by atoms with Crippen molar-refractivity contribution < 1.29 is 21.7 Å². The fourth-order valence-electron chi connectivity index (χ4n) is 0.340. The van der Waals surface area contributed by atoms with Gasteiger partial charge < -0.3 is 0 Å². The monoisotopic (exact) mass is 286 g/mol. The molecule has 0 aliphatic heterocycles. The van der Waals surface area contributed by atoms with E-state index in [1.807, 2.05) is 12.2 Å². The van der Waals surface area contributed by atoms with Crippen molar-refractivity contribution in [3.63, 3.8) is 0 Å². The third-order valence-corrected chi connectivity index (χ3v) is 0.586. The molecule has 0 N–H and O–H groups in total. The summed E-state index contributed by atoms with van der Waals surface area (Å²) in [4.78, 5) is 0. The van der Waals surface area contributed by atoms with Crippen molar-refractivity contribution in [1.82, 2.24) is 0 Å². The van der Waals surface area contributed by atoms with Gasteiger partial charge in [-0.15, -0.1) is 29.6 Å². The van der Waals surface area contributed by atoms with Crippen LogP contribution in [0.4, 0.5) is 0 Å². The Labute approximate surface area is 116 Å². The molecule has 1 aliphatic rings. The smallest absolute Gasteiger partial charge is 0.0379 e. The van der Waals surface area contributed by atoms with Crippen LogP contribution in [0.5, 0.6) is 0 Å². The topological polar surface area (TPSA) is 0 Å². The Bertz CT molecular complexity index is 102. The first kappa shape index (κ1) is 24.3. The number of hydrogen-bond acceptors (Lipinski definition) is 0.